The molecule has 0 radical (unpaired) electrons. The van der Waals surface area contributed by atoms with Crippen molar-refractivity contribution in [3.8, 4) is 22.9 Å². The highest BCUT2D eigenvalue weighted by molar-refractivity contribution is 7.23. The Bertz CT molecular complexity index is 1250. The Hall–Kier alpha value is -2.46. The molecule has 1 atom stereocenters. The second kappa shape index (κ2) is 7.35. The molecule has 2 aromatic carbocycles. The number of anilines is 1. The molecule has 1 fully saturated rings. The molecule has 5 nitrogen and oxygen atoms in total. The van der Waals surface area contributed by atoms with Gasteiger partial charge >= 0.3 is 0 Å². The lowest BCUT2D eigenvalue weighted by atomic mass is 9.97. The van der Waals surface area contributed by atoms with Crippen molar-refractivity contribution in [2.75, 3.05) is 18.9 Å². The molecule has 3 heterocycles. The lowest BCUT2D eigenvalue weighted by Gasteiger charge is -2.33. The topological polar surface area (TPSA) is 79.4 Å². The van der Waals surface area contributed by atoms with Crippen LogP contribution in [0.4, 0.5) is 5.00 Å². The van der Waals surface area contributed by atoms with E-state index in [1.807, 2.05) is 23.1 Å². The molecule has 2 N–H and O–H groups in total. The Labute approximate surface area is 187 Å². The van der Waals surface area contributed by atoms with Gasteiger partial charge in [0, 0.05) is 22.2 Å². The minimum absolute atomic E-state index is 0.0437. The summed E-state index contributed by atoms with van der Waals surface area (Å²) in [5.41, 5.74) is 8.10. The predicted molar refractivity (Wildman–Crippen MR) is 121 cm³/mol. The molecule has 0 unspecified atom stereocenters. The second-order valence-electron chi connectivity index (χ2n) is 7.52. The molecule has 0 aliphatic carbocycles. The van der Waals surface area contributed by atoms with E-state index in [0.717, 1.165) is 24.0 Å². The first-order valence-electron chi connectivity index (χ1n) is 9.68. The van der Waals surface area contributed by atoms with Crippen molar-refractivity contribution in [3.05, 3.63) is 45.4 Å². The van der Waals surface area contributed by atoms with Crippen LogP contribution in [0.1, 0.15) is 35.2 Å². The smallest absolute Gasteiger partial charge is 0.258 e. The predicted octanol–water partition coefficient (Wildman–Crippen LogP) is 5.72. The maximum Gasteiger partial charge on any atom is 0.258 e. The molecular weight excluding hydrogens is 441 g/mol. The van der Waals surface area contributed by atoms with Crippen molar-refractivity contribution in [2.45, 2.75) is 25.3 Å². The number of carbonyl (C=O) groups is 1. The number of fused-ring (bicyclic) bond motifs is 3. The third-order valence-electron chi connectivity index (χ3n) is 5.84. The molecule has 1 amide bonds. The molecule has 0 spiro atoms. The monoisotopic (exact) mass is 457 g/mol. The number of hydrogen-bond acceptors (Lipinski definition) is 5. The summed E-state index contributed by atoms with van der Waals surface area (Å²) in [5.74, 6) is 0.257. The molecule has 1 saturated heterocycles. The number of ether oxygens (including phenoxy) is 1. The van der Waals surface area contributed by atoms with E-state index in [1.165, 1.54) is 11.3 Å². The van der Waals surface area contributed by atoms with E-state index in [9.17, 15) is 10.1 Å². The number of rotatable bonds is 1. The van der Waals surface area contributed by atoms with E-state index in [2.05, 4.69) is 6.07 Å². The van der Waals surface area contributed by atoms with E-state index < -0.39 is 0 Å². The number of piperidine rings is 1. The fourth-order valence-corrected chi connectivity index (χ4v) is 6.07. The van der Waals surface area contributed by atoms with Crippen molar-refractivity contribution in [1.82, 2.24) is 4.90 Å². The summed E-state index contributed by atoms with van der Waals surface area (Å²) in [6.07, 6.45) is 2.97. The van der Waals surface area contributed by atoms with Gasteiger partial charge in [-0.2, -0.15) is 5.26 Å². The highest BCUT2D eigenvalue weighted by Crippen LogP contribution is 2.48. The SMILES string of the molecule is N#Cc1c(N)sc2cccc(-c3c(Cl)cc4c(c3Cl)OC[C@H]3CCCCN3C4=O)c12. The Balaban J connectivity index is 1.74. The van der Waals surface area contributed by atoms with Gasteiger partial charge in [0.05, 0.1) is 27.2 Å². The first-order valence-corrected chi connectivity index (χ1v) is 11.3. The van der Waals surface area contributed by atoms with Crippen molar-refractivity contribution in [1.29, 1.82) is 5.26 Å². The van der Waals surface area contributed by atoms with Crippen LogP contribution in [0, 0.1) is 11.3 Å². The molecule has 2 aliphatic rings. The quantitative estimate of drug-likeness (QED) is 0.506. The normalized spacial score (nSPS) is 18.4. The molecule has 8 heteroatoms. The first kappa shape index (κ1) is 19.5. The Morgan fingerprint density at radius 2 is 2.10 bits per heavy atom. The average Bonchev–Trinajstić information content (AvgIpc) is 3.00. The van der Waals surface area contributed by atoms with Crippen LogP contribution < -0.4 is 10.5 Å². The lowest BCUT2D eigenvalue weighted by Crippen LogP contribution is -2.45. The number of carbonyl (C=O) groups excluding carboxylic acids is 1. The van der Waals surface area contributed by atoms with E-state index in [1.54, 1.807) is 6.07 Å². The number of thiophene rings is 1. The molecule has 0 saturated carbocycles. The van der Waals surface area contributed by atoms with Crippen LogP contribution in [0.5, 0.6) is 5.75 Å². The van der Waals surface area contributed by atoms with Gasteiger partial charge in [-0.3, -0.25) is 4.79 Å². The van der Waals surface area contributed by atoms with Crippen LogP contribution in [-0.2, 0) is 0 Å². The highest BCUT2D eigenvalue weighted by atomic mass is 35.5. The summed E-state index contributed by atoms with van der Waals surface area (Å²) in [6.45, 7) is 1.11. The first-order chi connectivity index (χ1) is 14.5. The molecule has 3 aromatic rings. The summed E-state index contributed by atoms with van der Waals surface area (Å²) in [6, 6.07) is 9.51. The van der Waals surface area contributed by atoms with Crippen LogP contribution in [0.3, 0.4) is 0 Å². The van der Waals surface area contributed by atoms with Gasteiger partial charge in [-0.05, 0) is 37.0 Å². The zero-order valence-corrected chi connectivity index (χ0v) is 18.2. The molecule has 30 heavy (non-hydrogen) atoms. The Morgan fingerprint density at radius 3 is 2.90 bits per heavy atom. The highest BCUT2D eigenvalue weighted by Gasteiger charge is 2.35. The van der Waals surface area contributed by atoms with Crippen molar-refractivity contribution < 1.29 is 9.53 Å². The van der Waals surface area contributed by atoms with Gasteiger partial charge < -0.3 is 15.4 Å². The van der Waals surface area contributed by atoms with Gasteiger partial charge in [-0.15, -0.1) is 11.3 Å². The van der Waals surface area contributed by atoms with Crippen LogP contribution in [0.25, 0.3) is 21.2 Å². The van der Waals surface area contributed by atoms with Gasteiger partial charge in [-0.1, -0.05) is 35.3 Å². The minimum atomic E-state index is -0.0988. The van der Waals surface area contributed by atoms with Crippen molar-refractivity contribution >= 4 is 55.5 Å². The third kappa shape index (κ3) is 2.84. The van der Waals surface area contributed by atoms with Gasteiger partial charge in [0.1, 0.15) is 17.7 Å². The largest absolute Gasteiger partial charge is 0.489 e. The number of benzene rings is 2. The Kier molecular flexibility index (Phi) is 4.78. The maximum atomic E-state index is 13.2. The van der Waals surface area contributed by atoms with Gasteiger partial charge in [0.15, 0.2) is 5.75 Å². The van der Waals surface area contributed by atoms with Gasteiger partial charge in [0.2, 0.25) is 0 Å². The summed E-state index contributed by atoms with van der Waals surface area (Å²) >= 11 is 14.8. The van der Waals surface area contributed by atoms with Gasteiger partial charge in [0.25, 0.3) is 5.91 Å². The minimum Gasteiger partial charge on any atom is -0.489 e. The third-order valence-corrected chi connectivity index (χ3v) is 7.48. The van der Waals surface area contributed by atoms with E-state index in [4.69, 9.17) is 33.7 Å². The van der Waals surface area contributed by atoms with Crippen LogP contribution >= 0.6 is 34.5 Å². The molecule has 152 valence electrons. The summed E-state index contributed by atoms with van der Waals surface area (Å²) in [5, 5.41) is 11.4. The fourth-order valence-electron chi connectivity index (χ4n) is 4.41. The standard InChI is InChI=1S/C22H17Cl2N3O2S/c23-15-8-13-20(29-10-11-4-1-2-7-27(11)22(13)28)19(24)18(15)12-5-3-6-16-17(12)14(9-25)21(26)30-16/h3,5-6,8,11H,1-2,4,7,10,26H2/t11-/m1/s1. The van der Waals surface area contributed by atoms with E-state index >= 15 is 0 Å². The average molecular weight is 458 g/mol. The van der Waals surface area contributed by atoms with Crippen LogP contribution in [0.2, 0.25) is 10.0 Å². The number of amides is 1. The molecule has 1 aromatic heterocycles. The van der Waals surface area contributed by atoms with E-state index in [-0.39, 0.29) is 17.0 Å². The zero-order chi connectivity index (χ0) is 21.0. The number of nitrogens with two attached hydrogens (primary N) is 1. The zero-order valence-electron chi connectivity index (χ0n) is 15.9. The molecule has 5 rings (SSSR count). The summed E-state index contributed by atoms with van der Waals surface area (Å²) < 4.78 is 6.94. The molecular formula is C22H17Cl2N3O2S. The summed E-state index contributed by atoms with van der Waals surface area (Å²) in [7, 11) is 0. The maximum absolute atomic E-state index is 13.2. The lowest BCUT2D eigenvalue weighted by molar-refractivity contribution is 0.0578. The van der Waals surface area contributed by atoms with Crippen molar-refractivity contribution in [2.24, 2.45) is 0 Å². The van der Waals surface area contributed by atoms with Gasteiger partial charge in [-0.25, -0.2) is 0 Å². The van der Waals surface area contributed by atoms with E-state index in [0.29, 0.717) is 56.6 Å². The molecule has 2 aliphatic heterocycles. The number of nitriles is 1. The van der Waals surface area contributed by atoms with Crippen molar-refractivity contribution in [3.63, 3.8) is 0 Å². The number of nitrogen functional groups attached to an aromatic ring is 1. The number of halogens is 2. The Morgan fingerprint density at radius 1 is 1.27 bits per heavy atom. The number of hydrogen-bond donors (Lipinski definition) is 1. The fraction of sp³-hybridized carbons (Fsp3) is 0.273. The number of nitrogens with zero attached hydrogens (tertiary/aromatic N) is 2. The summed E-state index contributed by atoms with van der Waals surface area (Å²) in [4.78, 5) is 15.1. The second-order valence-corrected chi connectivity index (χ2v) is 9.38. The van der Waals surface area contributed by atoms with Crippen LogP contribution in [0.15, 0.2) is 24.3 Å². The molecule has 0 bridgehead atoms. The van der Waals surface area contributed by atoms with Crippen LogP contribution in [-0.4, -0.2) is 30.0 Å².